The Balaban J connectivity index is 5.24. The van der Waals surface area contributed by atoms with Crippen LogP contribution in [0.5, 0.6) is 0 Å². The second-order valence-corrected chi connectivity index (χ2v) is 28.4. The normalized spacial score (nSPS) is 14.7. The lowest BCUT2D eigenvalue weighted by atomic mass is 10.00. The van der Waals surface area contributed by atoms with Gasteiger partial charge in [-0.15, -0.1) is 0 Å². The standard InChI is InChI=1S/C66H128O17P2/c1-9-59(8)45-37-29-24-25-33-41-49-66(71)83-62(53-77-64(69)47-39-31-22-16-15-19-27-35-43-57(4)5)55-81-85(74,75)79-51-60(67)50-78-84(72,73)80-54-61(82-65(70)48-40-32-23-17-20-28-36-44-58(6)7)52-76-63(68)46-38-30-21-14-12-10-11-13-18-26-34-42-56(2)3/h56-62,67H,9-55H2,1-8H3,(H,72,73)(H,74,75)/t59?,60?,61-,62-/m1/s1. The van der Waals surface area contributed by atoms with Crippen molar-refractivity contribution in [2.75, 3.05) is 39.6 Å². The number of aliphatic hydroxyl groups excluding tert-OH is 1. The molecule has 0 aromatic carbocycles. The fraction of sp³-hybridized carbons (Fsp3) is 0.939. The zero-order valence-corrected chi connectivity index (χ0v) is 57.0. The minimum absolute atomic E-state index is 0.102. The Morgan fingerprint density at radius 1 is 0.329 bits per heavy atom. The van der Waals surface area contributed by atoms with Crippen molar-refractivity contribution in [2.24, 2.45) is 23.7 Å². The molecule has 0 saturated carbocycles. The van der Waals surface area contributed by atoms with E-state index in [9.17, 15) is 43.2 Å². The van der Waals surface area contributed by atoms with Gasteiger partial charge in [-0.3, -0.25) is 37.3 Å². The number of esters is 4. The van der Waals surface area contributed by atoms with Crippen LogP contribution in [-0.2, 0) is 65.4 Å². The summed E-state index contributed by atoms with van der Waals surface area (Å²) in [4.78, 5) is 72.3. The van der Waals surface area contributed by atoms with Gasteiger partial charge in [-0.2, -0.15) is 0 Å². The van der Waals surface area contributed by atoms with Crippen LogP contribution in [-0.4, -0.2) is 96.7 Å². The maximum Gasteiger partial charge on any atom is 0.472 e. The van der Waals surface area contributed by atoms with Crippen LogP contribution in [0.1, 0.15) is 319 Å². The van der Waals surface area contributed by atoms with Crippen molar-refractivity contribution in [1.82, 2.24) is 0 Å². The molecule has 3 N–H and O–H groups in total. The first-order chi connectivity index (χ1) is 40.6. The predicted molar refractivity (Wildman–Crippen MR) is 340 cm³/mol. The molecule has 0 fully saturated rings. The Kier molecular flexibility index (Phi) is 54.8. The topological polar surface area (TPSA) is 237 Å². The lowest BCUT2D eigenvalue weighted by Gasteiger charge is -2.21. The summed E-state index contributed by atoms with van der Waals surface area (Å²) >= 11 is 0. The summed E-state index contributed by atoms with van der Waals surface area (Å²) in [6.07, 6.45) is 36.4. The number of rotatable bonds is 63. The van der Waals surface area contributed by atoms with Crippen molar-refractivity contribution in [1.29, 1.82) is 0 Å². The van der Waals surface area contributed by atoms with Crippen molar-refractivity contribution in [3.05, 3.63) is 0 Å². The minimum atomic E-state index is -4.95. The summed E-state index contributed by atoms with van der Waals surface area (Å²) in [6, 6.07) is 0. The molecule has 19 heteroatoms. The van der Waals surface area contributed by atoms with Crippen molar-refractivity contribution in [2.45, 2.75) is 337 Å². The van der Waals surface area contributed by atoms with Gasteiger partial charge < -0.3 is 33.8 Å². The Bertz CT molecular complexity index is 1700. The summed E-state index contributed by atoms with van der Waals surface area (Å²) < 4.78 is 68.1. The molecule has 4 unspecified atom stereocenters. The number of hydrogen-bond acceptors (Lipinski definition) is 15. The Morgan fingerprint density at radius 3 is 0.835 bits per heavy atom. The van der Waals surface area contributed by atoms with Crippen molar-refractivity contribution >= 4 is 39.5 Å². The van der Waals surface area contributed by atoms with Crippen molar-refractivity contribution < 1.29 is 80.2 Å². The summed E-state index contributed by atoms with van der Waals surface area (Å²) in [5.74, 6) is 0.773. The number of carbonyl (C=O) groups excluding carboxylic acids is 4. The van der Waals surface area contributed by atoms with E-state index >= 15 is 0 Å². The van der Waals surface area contributed by atoms with Gasteiger partial charge in [0.2, 0.25) is 0 Å². The minimum Gasteiger partial charge on any atom is -0.462 e. The molecule has 0 spiro atoms. The Hall–Kier alpha value is -1.94. The molecule has 0 radical (unpaired) electrons. The average molecular weight is 1260 g/mol. The molecule has 0 aromatic rings. The summed E-state index contributed by atoms with van der Waals surface area (Å²) in [6.45, 7) is 14.0. The number of hydrogen-bond donors (Lipinski definition) is 3. The van der Waals surface area contributed by atoms with Crippen LogP contribution in [0, 0.1) is 23.7 Å². The van der Waals surface area contributed by atoms with E-state index in [-0.39, 0.29) is 25.7 Å². The van der Waals surface area contributed by atoms with E-state index in [2.05, 4.69) is 55.4 Å². The van der Waals surface area contributed by atoms with E-state index in [1.54, 1.807) is 0 Å². The molecule has 0 bridgehead atoms. The number of carbonyl (C=O) groups is 4. The molecule has 6 atom stereocenters. The zero-order valence-electron chi connectivity index (χ0n) is 55.2. The Morgan fingerprint density at radius 2 is 0.565 bits per heavy atom. The number of aliphatic hydroxyl groups is 1. The molecule has 504 valence electrons. The number of ether oxygens (including phenoxy) is 4. The van der Waals surface area contributed by atoms with E-state index < -0.39 is 97.5 Å². The van der Waals surface area contributed by atoms with Gasteiger partial charge in [0.15, 0.2) is 12.2 Å². The molecular formula is C66H128O17P2. The van der Waals surface area contributed by atoms with Gasteiger partial charge in [-0.25, -0.2) is 9.13 Å². The molecule has 85 heavy (non-hydrogen) atoms. The highest BCUT2D eigenvalue weighted by atomic mass is 31.2. The SMILES string of the molecule is CCC(C)CCCCCCCCC(=O)O[C@H](COC(=O)CCCCCCCCCCC(C)C)COP(=O)(O)OCC(O)COP(=O)(O)OC[C@@H](COC(=O)CCCCCCCCCCCCCC(C)C)OC(=O)CCCCCCCCCC(C)C. The van der Waals surface area contributed by atoms with Crippen LogP contribution in [0.4, 0.5) is 0 Å². The van der Waals surface area contributed by atoms with E-state index in [0.717, 1.165) is 108 Å². The third kappa shape index (κ3) is 59.5. The largest absolute Gasteiger partial charge is 0.472 e. The van der Waals surface area contributed by atoms with E-state index in [4.69, 9.17) is 37.0 Å². The van der Waals surface area contributed by atoms with Gasteiger partial charge >= 0.3 is 39.5 Å². The molecule has 0 aliphatic rings. The van der Waals surface area contributed by atoms with Gasteiger partial charge in [0.05, 0.1) is 26.4 Å². The van der Waals surface area contributed by atoms with Gasteiger partial charge in [-0.1, -0.05) is 267 Å². The molecule has 0 saturated heterocycles. The maximum atomic E-state index is 13.0. The molecule has 0 aromatic heterocycles. The van der Waals surface area contributed by atoms with Crippen LogP contribution < -0.4 is 0 Å². The highest BCUT2D eigenvalue weighted by Crippen LogP contribution is 2.45. The second kappa shape index (κ2) is 56.1. The summed E-state index contributed by atoms with van der Waals surface area (Å²) in [5, 5.41) is 10.5. The number of phosphoric ester groups is 2. The first-order valence-electron chi connectivity index (χ1n) is 34.2. The van der Waals surface area contributed by atoms with E-state index in [0.29, 0.717) is 31.6 Å². The average Bonchev–Trinajstić information content (AvgIpc) is 3.55. The van der Waals surface area contributed by atoms with Crippen LogP contribution in [0.2, 0.25) is 0 Å². The van der Waals surface area contributed by atoms with Crippen LogP contribution in [0.25, 0.3) is 0 Å². The van der Waals surface area contributed by atoms with Gasteiger partial charge in [0.1, 0.15) is 19.3 Å². The first kappa shape index (κ1) is 83.1. The highest BCUT2D eigenvalue weighted by Gasteiger charge is 2.30. The van der Waals surface area contributed by atoms with Crippen LogP contribution >= 0.6 is 15.6 Å². The fourth-order valence-electron chi connectivity index (χ4n) is 9.75. The van der Waals surface area contributed by atoms with Crippen molar-refractivity contribution in [3.63, 3.8) is 0 Å². The van der Waals surface area contributed by atoms with Crippen LogP contribution in [0.15, 0.2) is 0 Å². The maximum absolute atomic E-state index is 13.0. The molecule has 0 rings (SSSR count). The van der Waals surface area contributed by atoms with Crippen molar-refractivity contribution in [3.8, 4) is 0 Å². The quantitative estimate of drug-likeness (QED) is 0.0222. The molecule has 17 nitrogen and oxygen atoms in total. The number of unbranched alkanes of at least 4 members (excludes halogenated alkanes) is 28. The third-order valence-corrected chi connectivity index (χ3v) is 17.3. The summed E-state index contributed by atoms with van der Waals surface area (Å²) in [7, 11) is -9.89. The molecule has 0 amide bonds. The zero-order chi connectivity index (χ0) is 63.2. The first-order valence-corrected chi connectivity index (χ1v) is 37.2. The lowest BCUT2D eigenvalue weighted by Crippen LogP contribution is -2.30. The van der Waals surface area contributed by atoms with Gasteiger partial charge in [-0.05, 0) is 49.4 Å². The second-order valence-electron chi connectivity index (χ2n) is 25.5. The monoisotopic (exact) mass is 1250 g/mol. The third-order valence-electron chi connectivity index (χ3n) is 15.4. The smallest absolute Gasteiger partial charge is 0.462 e. The van der Waals surface area contributed by atoms with Gasteiger partial charge in [0, 0.05) is 25.7 Å². The number of phosphoric acid groups is 2. The Labute approximate surface area is 517 Å². The van der Waals surface area contributed by atoms with E-state index in [1.807, 2.05) is 0 Å². The van der Waals surface area contributed by atoms with E-state index in [1.165, 1.54) is 122 Å². The predicted octanol–water partition coefficient (Wildman–Crippen LogP) is 18.1. The lowest BCUT2D eigenvalue weighted by molar-refractivity contribution is -0.161. The summed E-state index contributed by atoms with van der Waals surface area (Å²) in [5.41, 5.74) is 0. The molecule has 0 aliphatic heterocycles. The highest BCUT2D eigenvalue weighted by molar-refractivity contribution is 7.47. The molecule has 0 heterocycles. The molecular weight excluding hydrogens is 1130 g/mol. The fourth-order valence-corrected chi connectivity index (χ4v) is 11.3. The van der Waals surface area contributed by atoms with Crippen LogP contribution in [0.3, 0.4) is 0 Å². The molecule has 0 aliphatic carbocycles. The van der Waals surface area contributed by atoms with Gasteiger partial charge in [0.25, 0.3) is 0 Å².